The van der Waals surface area contributed by atoms with Gasteiger partial charge in [-0.15, -0.1) is 0 Å². The molecule has 0 aliphatic heterocycles. The molecule has 0 aliphatic rings. The van der Waals surface area contributed by atoms with Crippen molar-refractivity contribution in [1.29, 1.82) is 0 Å². The zero-order valence-corrected chi connectivity index (χ0v) is 20.0. The third kappa shape index (κ3) is 6.22. The molecule has 1 heterocycles. The number of hydrogen-bond acceptors (Lipinski definition) is 8. The second kappa shape index (κ2) is 10.2. The van der Waals surface area contributed by atoms with Crippen molar-refractivity contribution in [1.82, 2.24) is 9.97 Å². The standard InChI is InChI=1S/C22H25ClN5O4P/c1-32-18-11-13(10-15(24)21(29)30)8-9-16(18)27-22-25-12-14(23)20(28-22)26-17-6-4-5-7-19(17)33(2,3)31/h4-9,11-12,15H,10,24H2,1-3H3,(H,29,30)(H2,25,26,27,28)/t15-/m0/s1. The molecule has 1 aromatic heterocycles. The van der Waals surface area contributed by atoms with Crippen LogP contribution in [0, 0.1) is 0 Å². The molecule has 0 unspecified atom stereocenters. The van der Waals surface area contributed by atoms with Crippen LogP contribution in [0.5, 0.6) is 5.75 Å². The molecule has 33 heavy (non-hydrogen) atoms. The number of rotatable bonds is 9. The van der Waals surface area contributed by atoms with Gasteiger partial charge in [-0.1, -0.05) is 29.8 Å². The Morgan fingerprint density at radius 1 is 1.21 bits per heavy atom. The maximum absolute atomic E-state index is 12.7. The molecule has 5 N–H and O–H groups in total. The minimum absolute atomic E-state index is 0.162. The van der Waals surface area contributed by atoms with Crippen molar-refractivity contribution in [3.05, 3.63) is 59.2 Å². The second-order valence-corrected chi connectivity index (χ2v) is 11.3. The smallest absolute Gasteiger partial charge is 0.320 e. The molecule has 0 amide bonds. The fourth-order valence-electron chi connectivity index (χ4n) is 3.12. The van der Waals surface area contributed by atoms with Gasteiger partial charge >= 0.3 is 5.97 Å². The highest BCUT2D eigenvalue weighted by Crippen LogP contribution is 2.38. The van der Waals surface area contributed by atoms with Crippen LogP contribution in [-0.4, -0.2) is 47.5 Å². The lowest BCUT2D eigenvalue weighted by Crippen LogP contribution is -2.32. The maximum atomic E-state index is 12.7. The van der Waals surface area contributed by atoms with Crippen molar-refractivity contribution in [2.75, 3.05) is 31.1 Å². The van der Waals surface area contributed by atoms with Crippen LogP contribution < -0.4 is 26.4 Å². The number of carboxylic acid groups (broad SMARTS) is 1. The second-order valence-electron chi connectivity index (χ2n) is 7.69. The quantitative estimate of drug-likeness (QED) is 0.330. The molecule has 0 spiro atoms. The van der Waals surface area contributed by atoms with Crippen molar-refractivity contribution >= 4 is 53.2 Å². The third-order valence-corrected chi connectivity index (χ3v) is 6.59. The van der Waals surface area contributed by atoms with E-state index in [0.29, 0.717) is 38.8 Å². The minimum atomic E-state index is -2.53. The van der Waals surface area contributed by atoms with Crippen LogP contribution in [0.4, 0.5) is 23.1 Å². The number of para-hydroxylation sites is 1. The largest absolute Gasteiger partial charge is 0.495 e. The lowest BCUT2D eigenvalue weighted by molar-refractivity contribution is -0.138. The summed E-state index contributed by atoms with van der Waals surface area (Å²) in [6, 6.07) is 11.4. The van der Waals surface area contributed by atoms with E-state index in [1.807, 2.05) is 18.2 Å². The summed E-state index contributed by atoms with van der Waals surface area (Å²) in [6.45, 7) is 3.39. The predicted octanol–water partition coefficient (Wildman–Crippen LogP) is 3.83. The highest BCUT2D eigenvalue weighted by molar-refractivity contribution is 7.70. The first-order chi connectivity index (χ1) is 15.6. The number of nitrogens with two attached hydrogens (primary N) is 1. The fraction of sp³-hybridized carbons (Fsp3) is 0.227. The van der Waals surface area contributed by atoms with Crippen LogP contribution in [0.15, 0.2) is 48.7 Å². The average molecular weight is 490 g/mol. The number of ether oxygens (including phenoxy) is 1. The number of methoxy groups -OCH3 is 1. The first-order valence-corrected chi connectivity index (χ1v) is 12.9. The molecular formula is C22H25ClN5O4P. The van der Waals surface area contributed by atoms with Gasteiger partial charge in [0.1, 0.15) is 24.0 Å². The van der Waals surface area contributed by atoms with Gasteiger partial charge in [-0.05, 0) is 49.6 Å². The molecule has 11 heteroatoms. The number of benzene rings is 2. The molecule has 0 bridgehead atoms. The number of carbonyl (C=O) groups is 1. The summed E-state index contributed by atoms with van der Waals surface area (Å²) in [5, 5.41) is 16.2. The lowest BCUT2D eigenvalue weighted by Gasteiger charge is -2.16. The molecule has 0 saturated carbocycles. The molecule has 2 aromatic carbocycles. The van der Waals surface area contributed by atoms with Gasteiger partial charge < -0.3 is 30.8 Å². The van der Waals surface area contributed by atoms with E-state index in [1.165, 1.54) is 13.3 Å². The topological polar surface area (TPSA) is 139 Å². The van der Waals surface area contributed by atoms with Crippen molar-refractivity contribution in [2.45, 2.75) is 12.5 Å². The molecule has 0 aliphatic carbocycles. The SMILES string of the molecule is COc1cc(C[C@H](N)C(=O)O)ccc1Nc1ncc(Cl)c(Nc2ccccc2P(C)(C)=O)n1. The monoisotopic (exact) mass is 489 g/mol. The molecule has 0 fully saturated rings. The molecule has 0 saturated heterocycles. The number of nitrogens with one attached hydrogen (secondary N) is 2. The molecule has 3 rings (SSSR count). The maximum Gasteiger partial charge on any atom is 0.320 e. The lowest BCUT2D eigenvalue weighted by atomic mass is 10.1. The number of carboxylic acids is 1. The highest BCUT2D eigenvalue weighted by Gasteiger charge is 2.18. The first kappa shape index (κ1) is 24.5. The van der Waals surface area contributed by atoms with Crippen molar-refractivity contribution in [2.24, 2.45) is 5.73 Å². The minimum Gasteiger partial charge on any atom is -0.495 e. The number of anilines is 4. The van der Waals surface area contributed by atoms with E-state index in [0.717, 1.165) is 0 Å². The van der Waals surface area contributed by atoms with Crippen LogP contribution in [0.3, 0.4) is 0 Å². The van der Waals surface area contributed by atoms with Gasteiger partial charge in [-0.2, -0.15) is 4.98 Å². The Labute approximate surface area is 196 Å². The van der Waals surface area contributed by atoms with Gasteiger partial charge in [0.25, 0.3) is 0 Å². The van der Waals surface area contributed by atoms with Crippen LogP contribution in [0.25, 0.3) is 0 Å². The normalized spacial score (nSPS) is 12.2. The van der Waals surface area contributed by atoms with Crippen molar-refractivity contribution in [3.63, 3.8) is 0 Å². The van der Waals surface area contributed by atoms with E-state index in [2.05, 4.69) is 20.6 Å². The Morgan fingerprint density at radius 3 is 2.61 bits per heavy atom. The van der Waals surface area contributed by atoms with E-state index in [1.54, 1.807) is 37.6 Å². The fourth-order valence-corrected chi connectivity index (χ4v) is 4.41. The van der Waals surface area contributed by atoms with Crippen molar-refractivity contribution < 1.29 is 19.2 Å². The molecule has 174 valence electrons. The number of hydrogen-bond donors (Lipinski definition) is 4. The Kier molecular flexibility index (Phi) is 7.58. The van der Waals surface area contributed by atoms with Crippen LogP contribution in [-0.2, 0) is 15.8 Å². The van der Waals surface area contributed by atoms with E-state index in [-0.39, 0.29) is 12.4 Å². The Bertz CT molecular complexity index is 1220. The van der Waals surface area contributed by atoms with Gasteiger partial charge in [-0.3, -0.25) is 4.79 Å². The Balaban J connectivity index is 1.86. The van der Waals surface area contributed by atoms with Gasteiger partial charge in [0, 0.05) is 5.30 Å². The summed E-state index contributed by atoms with van der Waals surface area (Å²) in [6.07, 6.45) is 1.61. The summed E-state index contributed by atoms with van der Waals surface area (Å²) in [5.74, 6) is -0.00170. The summed E-state index contributed by atoms with van der Waals surface area (Å²) >= 11 is 6.30. The predicted molar refractivity (Wildman–Crippen MR) is 131 cm³/mol. The van der Waals surface area contributed by atoms with Crippen LogP contribution in [0.1, 0.15) is 5.56 Å². The van der Waals surface area contributed by atoms with Crippen LogP contribution in [0.2, 0.25) is 5.02 Å². The van der Waals surface area contributed by atoms with Gasteiger partial charge in [0.2, 0.25) is 5.95 Å². The van der Waals surface area contributed by atoms with E-state index in [4.69, 9.17) is 27.2 Å². The summed E-state index contributed by atoms with van der Waals surface area (Å²) < 4.78 is 18.1. The van der Waals surface area contributed by atoms with Crippen LogP contribution >= 0.6 is 18.7 Å². The van der Waals surface area contributed by atoms with Gasteiger partial charge in [0.15, 0.2) is 5.82 Å². The highest BCUT2D eigenvalue weighted by atomic mass is 35.5. The molecule has 0 radical (unpaired) electrons. The number of aliphatic carboxylic acids is 1. The van der Waals surface area contributed by atoms with Crippen molar-refractivity contribution in [3.8, 4) is 5.75 Å². The molecule has 1 atom stereocenters. The summed E-state index contributed by atoms with van der Waals surface area (Å²) in [7, 11) is -1.03. The Hall–Kier alpha value is -3.13. The summed E-state index contributed by atoms with van der Waals surface area (Å²) in [5.41, 5.74) is 7.56. The zero-order chi connectivity index (χ0) is 24.2. The molecule has 9 nitrogen and oxygen atoms in total. The number of nitrogens with zero attached hydrogens (tertiary/aromatic N) is 2. The first-order valence-electron chi connectivity index (χ1n) is 9.95. The van der Waals surface area contributed by atoms with Gasteiger partial charge in [-0.25, -0.2) is 4.98 Å². The van der Waals surface area contributed by atoms with E-state index >= 15 is 0 Å². The summed E-state index contributed by atoms with van der Waals surface area (Å²) in [4.78, 5) is 19.7. The van der Waals surface area contributed by atoms with E-state index in [9.17, 15) is 9.36 Å². The molecular weight excluding hydrogens is 465 g/mol. The van der Waals surface area contributed by atoms with E-state index < -0.39 is 19.2 Å². The zero-order valence-electron chi connectivity index (χ0n) is 18.4. The number of halogens is 1. The average Bonchev–Trinajstić information content (AvgIpc) is 2.76. The third-order valence-electron chi connectivity index (χ3n) is 4.77. The molecule has 3 aromatic rings. The van der Waals surface area contributed by atoms with Gasteiger partial charge in [0.05, 0.1) is 24.7 Å². The number of aromatic nitrogens is 2. The Morgan fingerprint density at radius 2 is 1.94 bits per heavy atom.